The number of nitrogens with two attached hydrogens (primary N) is 1. The topological polar surface area (TPSA) is 43.1 Å². The van der Waals surface area contributed by atoms with Crippen LogP contribution in [0.15, 0.2) is 48.5 Å². The lowest BCUT2D eigenvalue weighted by Crippen LogP contribution is -2.19. The van der Waals surface area contributed by atoms with Gasteiger partial charge in [0.2, 0.25) is 0 Å². The van der Waals surface area contributed by atoms with E-state index in [9.17, 15) is 4.21 Å². The van der Waals surface area contributed by atoms with Crippen LogP contribution in [0.1, 0.15) is 28.3 Å². The van der Waals surface area contributed by atoms with E-state index in [0.717, 1.165) is 11.1 Å². The standard InChI is InChI=1S/C17H21NOS/c1-13-8-14(2)10-15(9-13)11-20(19)12-17(18)16-6-4-3-5-7-16/h3-10,17H,11-12,18H2,1-2H3. The van der Waals surface area contributed by atoms with E-state index in [1.165, 1.54) is 11.1 Å². The van der Waals surface area contributed by atoms with Crippen LogP contribution in [0.3, 0.4) is 0 Å². The molecule has 0 saturated heterocycles. The van der Waals surface area contributed by atoms with E-state index in [2.05, 4.69) is 32.0 Å². The van der Waals surface area contributed by atoms with Gasteiger partial charge in [0, 0.05) is 28.3 Å². The van der Waals surface area contributed by atoms with Crippen molar-refractivity contribution >= 4 is 10.8 Å². The summed E-state index contributed by atoms with van der Waals surface area (Å²) < 4.78 is 12.2. The maximum atomic E-state index is 12.2. The molecule has 2 aromatic rings. The molecule has 0 aliphatic rings. The number of benzene rings is 2. The van der Waals surface area contributed by atoms with Crippen molar-refractivity contribution in [1.29, 1.82) is 0 Å². The molecule has 2 aromatic carbocycles. The molecule has 0 aliphatic heterocycles. The van der Waals surface area contributed by atoms with Gasteiger partial charge in [0.05, 0.1) is 0 Å². The number of rotatable bonds is 5. The summed E-state index contributed by atoms with van der Waals surface area (Å²) in [7, 11) is -0.943. The second-order valence-electron chi connectivity index (χ2n) is 5.26. The molecule has 0 fully saturated rings. The van der Waals surface area contributed by atoms with Gasteiger partial charge in [-0.3, -0.25) is 4.21 Å². The van der Waals surface area contributed by atoms with Crippen LogP contribution in [0.25, 0.3) is 0 Å². The lowest BCUT2D eigenvalue weighted by atomic mass is 10.1. The Hall–Kier alpha value is -1.45. The van der Waals surface area contributed by atoms with Gasteiger partial charge in [-0.15, -0.1) is 0 Å². The van der Waals surface area contributed by atoms with Crippen molar-refractivity contribution in [3.63, 3.8) is 0 Å². The molecule has 0 heterocycles. The summed E-state index contributed by atoms with van der Waals surface area (Å²) in [6.07, 6.45) is 0. The highest BCUT2D eigenvalue weighted by atomic mass is 32.2. The van der Waals surface area contributed by atoms with E-state index >= 15 is 0 Å². The minimum atomic E-state index is -0.943. The number of hydrogen-bond acceptors (Lipinski definition) is 2. The van der Waals surface area contributed by atoms with Gasteiger partial charge in [-0.1, -0.05) is 59.7 Å². The van der Waals surface area contributed by atoms with E-state index < -0.39 is 10.8 Å². The summed E-state index contributed by atoms with van der Waals surface area (Å²) in [5, 5.41) is 0. The van der Waals surface area contributed by atoms with Gasteiger partial charge in [0.15, 0.2) is 0 Å². The Morgan fingerprint density at radius 2 is 1.65 bits per heavy atom. The average molecular weight is 287 g/mol. The quantitative estimate of drug-likeness (QED) is 0.917. The first-order valence-electron chi connectivity index (χ1n) is 6.77. The summed E-state index contributed by atoms with van der Waals surface area (Å²) in [4.78, 5) is 0. The third-order valence-electron chi connectivity index (χ3n) is 3.20. The van der Waals surface area contributed by atoms with Gasteiger partial charge in [-0.25, -0.2) is 0 Å². The summed E-state index contributed by atoms with van der Waals surface area (Å²) in [5.74, 6) is 1.07. The van der Waals surface area contributed by atoms with Gasteiger partial charge in [-0.2, -0.15) is 0 Å². The molecular weight excluding hydrogens is 266 g/mol. The lowest BCUT2D eigenvalue weighted by molar-refractivity contribution is 0.674. The van der Waals surface area contributed by atoms with Crippen molar-refractivity contribution in [2.24, 2.45) is 5.73 Å². The van der Waals surface area contributed by atoms with Gasteiger partial charge >= 0.3 is 0 Å². The first-order valence-corrected chi connectivity index (χ1v) is 8.26. The molecule has 0 aromatic heterocycles. The van der Waals surface area contributed by atoms with E-state index in [0.29, 0.717) is 11.5 Å². The van der Waals surface area contributed by atoms with Gasteiger partial charge in [0.1, 0.15) is 0 Å². The summed E-state index contributed by atoms with van der Waals surface area (Å²) in [6, 6.07) is 16.0. The highest BCUT2D eigenvalue weighted by molar-refractivity contribution is 7.84. The molecule has 2 atom stereocenters. The molecule has 2 rings (SSSR count). The largest absolute Gasteiger partial charge is 0.323 e. The molecule has 0 radical (unpaired) electrons. The summed E-state index contributed by atoms with van der Waals surface area (Å²) in [5.41, 5.74) is 10.7. The maximum Gasteiger partial charge on any atom is 0.0486 e. The van der Waals surface area contributed by atoms with E-state index in [-0.39, 0.29) is 6.04 Å². The van der Waals surface area contributed by atoms with Crippen LogP contribution in [0.2, 0.25) is 0 Å². The van der Waals surface area contributed by atoms with Crippen molar-refractivity contribution in [3.05, 3.63) is 70.8 Å². The van der Waals surface area contributed by atoms with Crippen LogP contribution in [0, 0.1) is 13.8 Å². The molecule has 106 valence electrons. The number of aryl methyl sites for hydroxylation is 2. The van der Waals surface area contributed by atoms with E-state index in [1.807, 2.05) is 30.3 Å². The maximum absolute atomic E-state index is 12.2. The van der Waals surface area contributed by atoms with Crippen LogP contribution in [-0.4, -0.2) is 9.96 Å². The first kappa shape index (κ1) is 14.9. The van der Waals surface area contributed by atoms with Gasteiger partial charge in [0.25, 0.3) is 0 Å². The minimum Gasteiger partial charge on any atom is -0.323 e. The molecule has 20 heavy (non-hydrogen) atoms. The highest BCUT2D eigenvalue weighted by Gasteiger charge is 2.11. The van der Waals surface area contributed by atoms with Crippen LogP contribution >= 0.6 is 0 Å². The molecular formula is C17H21NOS. The normalized spacial score (nSPS) is 13.9. The predicted octanol–water partition coefficient (Wildman–Crippen LogP) is 3.25. The van der Waals surface area contributed by atoms with E-state index in [1.54, 1.807) is 0 Å². The first-order chi connectivity index (χ1) is 9.54. The highest BCUT2D eigenvalue weighted by Crippen LogP contribution is 2.15. The third-order valence-corrected chi connectivity index (χ3v) is 4.59. The molecule has 2 unspecified atom stereocenters. The SMILES string of the molecule is Cc1cc(C)cc(CS(=O)CC(N)c2ccccc2)c1. The second kappa shape index (κ2) is 6.82. The molecule has 3 heteroatoms. The van der Waals surface area contributed by atoms with Gasteiger partial charge < -0.3 is 5.73 Å². The van der Waals surface area contributed by atoms with Crippen molar-refractivity contribution < 1.29 is 4.21 Å². The van der Waals surface area contributed by atoms with Crippen molar-refractivity contribution in [3.8, 4) is 0 Å². The Labute approximate surface area is 123 Å². The van der Waals surface area contributed by atoms with Crippen LogP contribution in [0.4, 0.5) is 0 Å². The van der Waals surface area contributed by atoms with Crippen molar-refractivity contribution in [2.75, 3.05) is 5.75 Å². The van der Waals surface area contributed by atoms with Crippen LogP contribution in [0.5, 0.6) is 0 Å². The molecule has 2 nitrogen and oxygen atoms in total. The molecule has 0 amide bonds. The Balaban J connectivity index is 1.99. The molecule has 0 bridgehead atoms. The third kappa shape index (κ3) is 4.29. The molecule has 2 N–H and O–H groups in total. The van der Waals surface area contributed by atoms with Crippen LogP contribution < -0.4 is 5.73 Å². The number of hydrogen-bond donors (Lipinski definition) is 1. The van der Waals surface area contributed by atoms with Crippen LogP contribution in [-0.2, 0) is 16.6 Å². The second-order valence-corrected chi connectivity index (χ2v) is 6.77. The monoisotopic (exact) mass is 287 g/mol. The zero-order chi connectivity index (χ0) is 14.5. The van der Waals surface area contributed by atoms with Crippen molar-refractivity contribution in [2.45, 2.75) is 25.6 Å². The molecule has 0 saturated carbocycles. The Kier molecular flexibility index (Phi) is 5.10. The van der Waals surface area contributed by atoms with Gasteiger partial charge in [-0.05, 0) is 25.0 Å². The fourth-order valence-electron chi connectivity index (χ4n) is 2.39. The fraction of sp³-hybridized carbons (Fsp3) is 0.294. The Morgan fingerprint density at radius 3 is 2.25 bits per heavy atom. The Bertz CT molecular complexity index is 575. The smallest absolute Gasteiger partial charge is 0.0486 e. The molecule has 0 aliphatic carbocycles. The summed E-state index contributed by atoms with van der Waals surface area (Å²) >= 11 is 0. The fourth-order valence-corrected chi connectivity index (χ4v) is 3.64. The minimum absolute atomic E-state index is 0.164. The predicted molar refractivity (Wildman–Crippen MR) is 86.0 cm³/mol. The average Bonchev–Trinajstić information content (AvgIpc) is 2.38. The van der Waals surface area contributed by atoms with Crippen molar-refractivity contribution in [1.82, 2.24) is 0 Å². The summed E-state index contributed by atoms with van der Waals surface area (Å²) in [6.45, 7) is 4.13. The zero-order valence-corrected chi connectivity index (χ0v) is 12.8. The molecule has 0 spiro atoms. The van der Waals surface area contributed by atoms with E-state index in [4.69, 9.17) is 5.73 Å². The zero-order valence-electron chi connectivity index (χ0n) is 12.0. The Morgan fingerprint density at radius 1 is 1.05 bits per heavy atom. The lowest BCUT2D eigenvalue weighted by Gasteiger charge is -2.12.